The molecular weight excluding hydrogens is 263 g/mol. The Hall–Kier alpha value is -1.81. The van der Waals surface area contributed by atoms with Gasteiger partial charge in [0.15, 0.2) is 11.6 Å². The van der Waals surface area contributed by atoms with Crippen LogP contribution in [0.1, 0.15) is 28.3 Å². The molecule has 0 bridgehead atoms. The highest BCUT2D eigenvalue weighted by Gasteiger charge is 2.17. The van der Waals surface area contributed by atoms with Crippen LogP contribution in [0.5, 0.6) is 0 Å². The zero-order valence-electron chi connectivity index (χ0n) is 11.4. The third-order valence-corrected chi connectivity index (χ3v) is 3.40. The van der Waals surface area contributed by atoms with Crippen LogP contribution in [0, 0.1) is 31.3 Å². The Bertz CT molecular complexity index is 615. The van der Waals surface area contributed by atoms with E-state index in [0.717, 1.165) is 11.6 Å². The van der Waals surface area contributed by atoms with Crippen LogP contribution in [0.4, 0.5) is 13.2 Å². The molecule has 20 heavy (non-hydrogen) atoms. The van der Waals surface area contributed by atoms with Gasteiger partial charge in [-0.3, -0.25) is 0 Å². The fourth-order valence-corrected chi connectivity index (χ4v) is 2.55. The Morgan fingerprint density at radius 3 is 2.25 bits per heavy atom. The standard InChI is InChI=1S/C16H16F3N/c1-9-6-12(17)7-10(2)15(9)14(20)8-11-4-3-5-13(18)16(11)19/h3-7,14H,8,20H2,1-2H3. The second-order valence-corrected chi connectivity index (χ2v) is 4.98. The van der Waals surface area contributed by atoms with Crippen molar-refractivity contribution in [3.63, 3.8) is 0 Å². The first-order valence-electron chi connectivity index (χ1n) is 6.35. The topological polar surface area (TPSA) is 26.0 Å². The summed E-state index contributed by atoms with van der Waals surface area (Å²) in [7, 11) is 0. The van der Waals surface area contributed by atoms with Gasteiger partial charge >= 0.3 is 0 Å². The second kappa shape index (κ2) is 5.67. The Kier molecular flexibility index (Phi) is 4.14. The minimum Gasteiger partial charge on any atom is -0.324 e. The molecule has 1 nitrogen and oxygen atoms in total. The summed E-state index contributed by atoms with van der Waals surface area (Å²) in [4.78, 5) is 0. The van der Waals surface area contributed by atoms with E-state index in [9.17, 15) is 13.2 Å². The quantitative estimate of drug-likeness (QED) is 0.904. The third kappa shape index (κ3) is 2.85. The van der Waals surface area contributed by atoms with Gasteiger partial charge in [-0.05, 0) is 60.7 Å². The fraction of sp³-hybridized carbons (Fsp3) is 0.250. The van der Waals surface area contributed by atoms with E-state index >= 15 is 0 Å². The zero-order chi connectivity index (χ0) is 14.9. The summed E-state index contributed by atoms with van der Waals surface area (Å²) in [6.45, 7) is 3.51. The predicted molar refractivity (Wildman–Crippen MR) is 72.9 cm³/mol. The van der Waals surface area contributed by atoms with Gasteiger partial charge in [0.2, 0.25) is 0 Å². The van der Waals surface area contributed by atoms with Gasteiger partial charge in [0.05, 0.1) is 0 Å². The van der Waals surface area contributed by atoms with Crippen molar-refractivity contribution in [1.29, 1.82) is 0 Å². The average molecular weight is 279 g/mol. The van der Waals surface area contributed by atoms with E-state index < -0.39 is 17.7 Å². The lowest BCUT2D eigenvalue weighted by molar-refractivity contribution is 0.494. The maximum absolute atomic E-state index is 13.7. The summed E-state index contributed by atoms with van der Waals surface area (Å²) in [5.74, 6) is -2.09. The first kappa shape index (κ1) is 14.6. The number of hydrogen-bond acceptors (Lipinski definition) is 1. The number of benzene rings is 2. The summed E-state index contributed by atoms with van der Waals surface area (Å²) < 4.78 is 40.1. The van der Waals surface area contributed by atoms with E-state index in [1.165, 1.54) is 24.3 Å². The molecule has 2 aromatic carbocycles. The Labute approximate surface area is 116 Å². The summed E-state index contributed by atoms with van der Waals surface area (Å²) >= 11 is 0. The summed E-state index contributed by atoms with van der Waals surface area (Å²) in [6, 6.07) is 6.30. The number of halogens is 3. The number of rotatable bonds is 3. The highest BCUT2D eigenvalue weighted by Crippen LogP contribution is 2.25. The first-order chi connectivity index (χ1) is 9.40. The molecule has 0 fully saturated rings. The summed E-state index contributed by atoms with van der Waals surface area (Å²) in [5.41, 5.74) is 8.51. The Morgan fingerprint density at radius 1 is 1.05 bits per heavy atom. The van der Waals surface area contributed by atoms with E-state index in [-0.39, 0.29) is 17.8 Å². The highest BCUT2D eigenvalue weighted by atomic mass is 19.2. The number of aryl methyl sites for hydroxylation is 2. The van der Waals surface area contributed by atoms with Gasteiger partial charge in [-0.2, -0.15) is 0 Å². The van der Waals surface area contributed by atoms with Crippen LogP contribution in [0.25, 0.3) is 0 Å². The Morgan fingerprint density at radius 2 is 1.65 bits per heavy atom. The third-order valence-electron chi connectivity index (χ3n) is 3.40. The highest BCUT2D eigenvalue weighted by molar-refractivity contribution is 5.38. The average Bonchev–Trinajstić information content (AvgIpc) is 2.33. The fourth-order valence-electron chi connectivity index (χ4n) is 2.55. The molecule has 2 aromatic rings. The predicted octanol–water partition coefficient (Wildman–Crippen LogP) is 3.96. The van der Waals surface area contributed by atoms with Gasteiger partial charge in [-0.1, -0.05) is 12.1 Å². The normalized spacial score (nSPS) is 12.5. The lowest BCUT2D eigenvalue weighted by Gasteiger charge is -2.18. The molecular formula is C16H16F3N. The van der Waals surface area contributed by atoms with Gasteiger partial charge in [0, 0.05) is 6.04 Å². The Balaban J connectivity index is 2.33. The minimum atomic E-state index is -0.887. The van der Waals surface area contributed by atoms with Crippen molar-refractivity contribution in [2.45, 2.75) is 26.3 Å². The molecule has 0 aliphatic rings. The van der Waals surface area contributed by atoms with Crippen LogP contribution in [0.2, 0.25) is 0 Å². The largest absolute Gasteiger partial charge is 0.324 e. The van der Waals surface area contributed by atoms with E-state index in [0.29, 0.717) is 11.1 Å². The maximum atomic E-state index is 13.7. The number of nitrogens with two attached hydrogens (primary N) is 1. The molecule has 4 heteroatoms. The molecule has 0 saturated carbocycles. The molecule has 1 atom stereocenters. The SMILES string of the molecule is Cc1cc(F)cc(C)c1C(N)Cc1cccc(F)c1F. The smallest absolute Gasteiger partial charge is 0.162 e. The van der Waals surface area contributed by atoms with Crippen LogP contribution >= 0.6 is 0 Å². The van der Waals surface area contributed by atoms with Gasteiger partial charge in [0.25, 0.3) is 0 Å². The van der Waals surface area contributed by atoms with Crippen molar-refractivity contribution in [3.05, 3.63) is 70.0 Å². The van der Waals surface area contributed by atoms with Gasteiger partial charge in [0.1, 0.15) is 5.82 Å². The zero-order valence-corrected chi connectivity index (χ0v) is 11.4. The van der Waals surface area contributed by atoms with Crippen molar-refractivity contribution in [1.82, 2.24) is 0 Å². The summed E-state index contributed by atoms with van der Waals surface area (Å²) in [6.07, 6.45) is 0.164. The second-order valence-electron chi connectivity index (χ2n) is 4.98. The van der Waals surface area contributed by atoms with E-state index in [4.69, 9.17) is 5.73 Å². The van der Waals surface area contributed by atoms with E-state index in [1.54, 1.807) is 13.8 Å². The molecule has 0 spiro atoms. The molecule has 0 aliphatic heterocycles. The van der Waals surface area contributed by atoms with E-state index in [1.807, 2.05) is 0 Å². The molecule has 0 aromatic heterocycles. The molecule has 0 amide bonds. The van der Waals surface area contributed by atoms with Crippen molar-refractivity contribution in [2.75, 3.05) is 0 Å². The number of hydrogen-bond donors (Lipinski definition) is 1. The van der Waals surface area contributed by atoms with Crippen LogP contribution in [-0.4, -0.2) is 0 Å². The molecule has 2 rings (SSSR count). The van der Waals surface area contributed by atoms with Gasteiger partial charge < -0.3 is 5.73 Å². The van der Waals surface area contributed by atoms with Crippen molar-refractivity contribution >= 4 is 0 Å². The van der Waals surface area contributed by atoms with Crippen LogP contribution < -0.4 is 5.73 Å². The summed E-state index contributed by atoms with van der Waals surface area (Å²) in [5, 5.41) is 0. The van der Waals surface area contributed by atoms with Crippen LogP contribution in [-0.2, 0) is 6.42 Å². The molecule has 0 aliphatic carbocycles. The molecule has 0 saturated heterocycles. The molecule has 0 radical (unpaired) electrons. The van der Waals surface area contributed by atoms with Crippen LogP contribution in [0.15, 0.2) is 30.3 Å². The molecule has 1 unspecified atom stereocenters. The van der Waals surface area contributed by atoms with E-state index in [2.05, 4.69) is 0 Å². The monoisotopic (exact) mass is 279 g/mol. The van der Waals surface area contributed by atoms with Crippen LogP contribution in [0.3, 0.4) is 0 Å². The molecule has 2 N–H and O–H groups in total. The van der Waals surface area contributed by atoms with Crippen molar-refractivity contribution in [2.24, 2.45) is 5.73 Å². The van der Waals surface area contributed by atoms with Gasteiger partial charge in [-0.15, -0.1) is 0 Å². The molecule has 106 valence electrons. The minimum absolute atomic E-state index is 0.164. The maximum Gasteiger partial charge on any atom is 0.162 e. The van der Waals surface area contributed by atoms with Gasteiger partial charge in [-0.25, -0.2) is 13.2 Å². The first-order valence-corrected chi connectivity index (χ1v) is 6.35. The molecule has 0 heterocycles. The van der Waals surface area contributed by atoms with Crippen molar-refractivity contribution < 1.29 is 13.2 Å². The lowest BCUT2D eigenvalue weighted by Crippen LogP contribution is -2.17. The van der Waals surface area contributed by atoms with Crippen molar-refractivity contribution in [3.8, 4) is 0 Å². The lowest BCUT2D eigenvalue weighted by atomic mass is 9.92.